The molecule has 2 aromatic rings. The van der Waals surface area contributed by atoms with Crippen molar-refractivity contribution in [1.29, 1.82) is 5.26 Å². The summed E-state index contributed by atoms with van der Waals surface area (Å²) in [6.07, 6.45) is 5.32. The van der Waals surface area contributed by atoms with Crippen LogP contribution in [-0.4, -0.2) is 9.55 Å². The second-order valence-corrected chi connectivity index (χ2v) is 3.79. The summed E-state index contributed by atoms with van der Waals surface area (Å²) in [5.74, 6) is 0. The number of hydrogen-bond donors (Lipinski definition) is 0. The first-order chi connectivity index (χ1) is 7.81. The van der Waals surface area contributed by atoms with E-state index in [0.717, 1.165) is 10.3 Å². The molecule has 0 aromatic carbocycles. The van der Waals surface area contributed by atoms with Gasteiger partial charge in [0, 0.05) is 6.20 Å². The van der Waals surface area contributed by atoms with Crippen LogP contribution in [0.1, 0.15) is 0 Å². The lowest BCUT2D eigenvalue weighted by molar-refractivity contribution is 0.941. The zero-order valence-electron chi connectivity index (χ0n) is 8.21. The van der Waals surface area contributed by atoms with Crippen LogP contribution in [0.3, 0.4) is 0 Å². The van der Waals surface area contributed by atoms with E-state index in [4.69, 9.17) is 5.26 Å². The van der Waals surface area contributed by atoms with Crippen molar-refractivity contribution in [2.75, 3.05) is 0 Å². The fourth-order valence-electron chi connectivity index (χ4n) is 1.31. The molecule has 0 saturated heterocycles. The Bertz CT molecular complexity index is 592. The van der Waals surface area contributed by atoms with Crippen LogP contribution in [0, 0.1) is 11.5 Å². The first-order valence-corrected chi connectivity index (χ1v) is 5.33. The van der Waals surface area contributed by atoms with E-state index in [-0.39, 0.29) is 0 Å². The molecule has 0 aliphatic carbocycles. The van der Waals surface area contributed by atoms with Crippen molar-refractivity contribution in [3.8, 4) is 11.9 Å². The van der Waals surface area contributed by atoms with Crippen molar-refractivity contribution in [2.24, 2.45) is 4.99 Å². The number of halogens is 1. The Balaban J connectivity index is 2.61. The second-order valence-electron chi connectivity index (χ2n) is 2.98. The Morgan fingerprint density at radius 3 is 2.88 bits per heavy atom. The molecule has 0 aliphatic rings. The SMILES string of the molecule is N#CN=c1ccccn1-c1ccc(Br)nc1. The van der Waals surface area contributed by atoms with Crippen molar-refractivity contribution in [2.45, 2.75) is 0 Å². The lowest BCUT2D eigenvalue weighted by atomic mass is 10.4. The smallest absolute Gasteiger partial charge is 0.207 e. The molecule has 0 radical (unpaired) electrons. The number of rotatable bonds is 1. The highest BCUT2D eigenvalue weighted by Gasteiger charge is 1.97. The van der Waals surface area contributed by atoms with E-state index < -0.39 is 0 Å². The molecule has 0 amide bonds. The number of hydrogen-bond acceptors (Lipinski definition) is 3. The van der Waals surface area contributed by atoms with Crippen molar-refractivity contribution in [3.63, 3.8) is 0 Å². The van der Waals surface area contributed by atoms with Crippen molar-refractivity contribution in [3.05, 3.63) is 52.8 Å². The third kappa shape index (κ3) is 2.18. The van der Waals surface area contributed by atoms with Crippen LogP contribution in [-0.2, 0) is 0 Å². The molecule has 16 heavy (non-hydrogen) atoms. The third-order valence-electron chi connectivity index (χ3n) is 1.99. The Kier molecular flexibility index (Phi) is 3.13. The van der Waals surface area contributed by atoms with Crippen LogP contribution < -0.4 is 5.49 Å². The van der Waals surface area contributed by atoms with Gasteiger partial charge in [-0.1, -0.05) is 6.07 Å². The lowest BCUT2D eigenvalue weighted by Crippen LogP contribution is -2.17. The molecule has 78 valence electrons. The Morgan fingerprint density at radius 2 is 2.19 bits per heavy atom. The third-order valence-corrected chi connectivity index (χ3v) is 2.46. The summed E-state index contributed by atoms with van der Waals surface area (Å²) in [5, 5.41) is 8.58. The fraction of sp³-hybridized carbons (Fsp3) is 0. The molecule has 2 heterocycles. The van der Waals surface area contributed by atoms with Gasteiger partial charge in [-0.2, -0.15) is 10.3 Å². The van der Waals surface area contributed by atoms with E-state index in [9.17, 15) is 0 Å². The van der Waals surface area contributed by atoms with Gasteiger partial charge < -0.3 is 0 Å². The second kappa shape index (κ2) is 4.73. The predicted molar refractivity (Wildman–Crippen MR) is 62.4 cm³/mol. The van der Waals surface area contributed by atoms with E-state index in [1.165, 1.54) is 0 Å². The van der Waals surface area contributed by atoms with E-state index in [1.807, 2.05) is 30.5 Å². The molecule has 0 unspecified atom stereocenters. The Labute approximate surface area is 101 Å². The first kappa shape index (κ1) is 10.6. The molecule has 2 aromatic heterocycles. The molecular weight excluding hydrogens is 268 g/mol. The summed E-state index contributed by atoms with van der Waals surface area (Å²) >= 11 is 3.27. The maximum atomic E-state index is 8.58. The molecule has 0 bridgehead atoms. The van der Waals surface area contributed by atoms with Gasteiger partial charge in [0.2, 0.25) is 6.19 Å². The van der Waals surface area contributed by atoms with Crippen LogP contribution in [0.25, 0.3) is 5.69 Å². The van der Waals surface area contributed by atoms with Gasteiger partial charge in [0.1, 0.15) is 10.1 Å². The maximum Gasteiger partial charge on any atom is 0.207 e. The van der Waals surface area contributed by atoms with Gasteiger partial charge in [-0.3, -0.25) is 4.57 Å². The van der Waals surface area contributed by atoms with Gasteiger partial charge in [-0.25, -0.2) is 4.98 Å². The van der Waals surface area contributed by atoms with E-state index in [1.54, 1.807) is 23.0 Å². The van der Waals surface area contributed by atoms with Crippen LogP contribution in [0.2, 0.25) is 0 Å². The van der Waals surface area contributed by atoms with Crippen LogP contribution in [0.15, 0.2) is 52.3 Å². The van der Waals surface area contributed by atoms with E-state index in [0.29, 0.717) is 5.49 Å². The lowest BCUT2D eigenvalue weighted by Gasteiger charge is -2.05. The molecule has 4 nitrogen and oxygen atoms in total. The summed E-state index contributed by atoms with van der Waals surface area (Å²) < 4.78 is 2.56. The zero-order chi connectivity index (χ0) is 11.4. The van der Waals surface area contributed by atoms with Gasteiger partial charge in [0.25, 0.3) is 0 Å². The van der Waals surface area contributed by atoms with Crippen molar-refractivity contribution < 1.29 is 0 Å². The summed E-state index contributed by atoms with van der Waals surface area (Å²) in [6.45, 7) is 0. The predicted octanol–water partition coefficient (Wildman–Crippen LogP) is 2.02. The largest absolute Gasteiger partial charge is 0.300 e. The monoisotopic (exact) mass is 274 g/mol. The van der Waals surface area contributed by atoms with Crippen LogP contribution >= 0.6 is 15.9 Å². The summed E-state index contributed by atoms with van der Waals surface area (Å²) in [4.78, 5) is 7.86. The maximum absolute atomic E-state index is 8.58. The van der Waals surface area contributed by atoms with Crippen LogP contribution in [0.5, 0.6) is 0 Å². The van der Waals surface area contributed by atoms with E-state index >= 15 is 0 Å². The van der Waals surface area contributed by atoms with Gasteiger partial charge in [0.05, 0.1) is 11.9 Å². The summed E-state index contributed by atoms with van der Waals surface area (Å²) in [6, 6.07) is 9.21. The summed E-state index contributed by atoms with van der Waals surface area (Å²) in [7, 11) is 0. The van der Waals surface area contributed by atoms with Gasteiger partial charge >= 0.3 is 0 Å². The minimum absolute atomic E-state index is 0.578. The molecule has 0 fully saturated rings. The fourth-order valence-corrected chi connectivity index (χ4v) is 1.54. The molecule has 2 rings (SSSR count). The summed E-state index contributed by atoms with van der Waals surface area (Å²) in [5.41, 5.74) is 1.44. The molecule has 5 heteroatoms. The zero-order valence-corrected chi connectivity index (χ0v) is 9.79. The Hall–Kier alpha value is -1.93. The quantitative estimate of drug-likeness (QED) is 0.590. The minimum atomic E-state index is 0.578. The van der Waals surface area contributed by atoms with E-state index in [2.05, 4.69) is 25.9 Å². The van der Waals surface area contributed by atoms with Gasteiger partial charge in [-0.05, 0) is 40.2 Å². The highest BCUT2D eigenvalue weighted by Crippen LogP contribution is 2.08. The molecule has 0 atom stereocenters. The van der Waals surface area contributed by atoms with Gasteiger partial charge in [-0.15, -0.1) is 0 Å². The molecular formula is C11H7BrN4. The molecule has 0 spiro atoms. The van der Waals surface area contributed by atoms with Crippen molar-refractivity contribution in [1.82, 2.24) is 9.55 Å². The molecule has 0 aliphatic heterocycles. The topological polar surface area (TPSA) is 54.0 Å². The molecule has 0 saturated carbocycles. The van der Waals surface area contributed by atoms with Crippen LogP contribution in [0.4, 0.5) is 0 Å². The standard InChI is InChI=1S/C11H7BrN4/c12-10-5-4-9(7-14-10)16-6-2-1-3-11(16)15-8-13/h1-7H. The minimum Gasteiger partial charge on any atom is -0.300 e. The normalized spacial score (nSPS) is 11.1. The number of pyridine rings is 2. The number of aromatic nitrogens is 2. The highest BCUT2D eigenvalue weighted by molar-refractivity contribution is 9.10. The number of nitrogens with zero attached hydrogens (tertiary/aromatic N) is 4. The van der Waals surface area contributed by atoms with Gasteiger partial charge in [0.15, 0.2) is 0 Å². The first-order valence-electron chi connectivity index (χ1n) is 4.54. The molecule has 0 N–H and O–H groups in total. The highest BCUT2D eigenvalue weighted by atomic mass is 79.9. The Morgan fingerprint density at radius 1 is 1.31 bits per heavy atom. The van der Waals surface area contributed by atoms with Crippen molar-refractivity contribution >= 4 is 15.9 Å². The number of nitriles is 1. The average Bonchev–Trinajstić information content (AvgIpc) is 2.32. The average molecular weight is 275 g/mol.